The molecule has 2 bridgehead atoms. The number of hydrogen-bond acceptors (Lipinski definition) is 4. The molecule has 26 heavy (non-hydrogen) atoms. The van der Waals surface area contributed by atoms with Crippen molar-refractivity contribution < 1.29 is 19.1 Å². The molecule has 142 valence electrons. The number of methoxy groups -OCH3 is 2. The highest BCUT2D eigenvalue weighted by Gasteiger charge is 2.62. The quantitative estimate of drug-likeness (QED) is 0.427. The average molecular weight is 358 g/mol. The van der Waals surface area contributed by atoms with Gasteiger partial charge in [0.2, 0.25) is 0 Å². The third kappa shape index (κ3) is 1.96. The molecule has 6 aliphatic carbocycles. The zero-order valence-electron chi connectivity index (χ0n) is 16.0. The minimum atomic E-state index is -1.11. The third-order valence-corrected chi connectivity index (χ3v) is 8.78. The molecule has 0 aromatic carbocycles. The molecule has 0 amide bonds. The van der Waals surface area contributed by atoms with E-state index in [1.807, 2.05) is 0 Å². The standard InChI is InChI=1S/C22H30O4/c1-25-20(23)22(21(24)26-2)10-9-16-17(11-22)19-14-7-3-5-12(14)18(16)13-6-4-8-15(13)19/h12-15,18-19H,3-11H2,1-2H3. The zero-order chi connectivity index (χ0) is 18.1. The van der Waals surface area contributed by atoms with Gasteiger partial charge in [0.05, 0.1) is 14.2 Å². The first-order chi connectivity index (χ1) is 12.6. The highest BCUT2D eigenvalue weighted by Crippen LogP contribution is 2.68. The van der Waals surface area contributed by atoms with Crippen LogP contribution >= 0.6 is 0 Å². The maximum atomic E-state index is 12.7. The summed E-state index contributed by atoms with van der Waals surface area (Å²) in [6.07, 6.45) is 10.2. The van der Waals surface area contributed by atoms with E-state index in [0.29, 0.717) is 18.8 Å². The molecule has 4 atom stereocenters. The first-order valence-electron chi connectivity index (χ1n) is 10.5. The third-order valence-electron chi connectivity index (χ3n) is 8.78. The van der Waals surface area contributed by atoms with Gasteiger partial charge in [-0.3, -0.25) is 9.59 Å². The van der Waals surface area contributed by atoms with Gasteiger partial charge in [-0.05, 0) is 80.5 Å². The normalized spacial score (nSPS) is 42.1. The van der Waals surface area contributed by atoms with Crippen LogP contribution in [0.3, 0.4) is 0 Å². The Morgan fingerprint density at radius 2 is 1.27 bits per heavy atom. The number of ether oxygens (including phenoxy) is 2. The highest BCUT2D eigenvalue weighted by atomic mass is 16.5. The van der Waals surface area contributed by atoms with Crippen LogP contribution in [0, 0.1) is 40.9 Å². The lowest BCUT2D eigenvalue weighted by Crippen LogP contribution is -2.53. The van der Waals surface area contributed by atoms with Gasteiger partial charge in [-0.15, -0.1) is 0 Å². The molecule has 0 saturated heterocycles. The summed E-state index contributed by atoms with van der Waals surface area (Å²) in [5.41, 5.74) is 2.01. The lowest BCUT2D eigenvalue weighted by Gasteiger charge is -2.58. The van der Waals surface area contributed by atoms with E-state index >= 15 is 0 Å². The predicted octanol–water partition coefficient (Wildman–Crippen LogP) is 3.89. The van der Waals surface area contributed by atoms with Gasteiger partial charge in [0.1, 0.15) is 0 Å². The van der Waals surface area contributed by atoms with Crippen LogP contribution in [0.1, 0.15) is 57.8 Å². The van der Waals surface area contributed by atoms with Gasteiger partial charge in [-0.25, -0.2) is 0 Å². The Morgan fingerprint density at radius 1 is 0.808 bits per heavy atom. The van der Waals surface area contributed by atoms with Crippen LogP contribution in [0.2, 0.25) is 0 Å². The first kappa shape index (κ1) is 16.8. The maximum absolute atomic E-state index is 12.7. The van der Waals surface area contributed by atoms with Gasteiger partial charge in [0.25, 0.3) is 0 Å². The smallest absolute Gasteiger partial charge is 0.323 e. The van der Waals surface area contributed by atoms with Gasteiger partial charge in [-0.1, -0.05) is 24.0 Å². The van der Waals surface area contributed by atoms with Crippen molar-refractivity contribution >= 4 is 11.9 Å². The van der Waals surface area contributed by atoms with Crippen LogP contribution in [0.15, 0.2) is 11.1 Å². The molecule has 6 rings (SSSR count). The summed E-state index contributed by atoms with van der Waals surface area (Å²) in [7, 11) is 2.79. The fraction of sp³-hybridized carbons (Fsp3) is 0.818. The summed E-state index contributed by atoms with van der Waals surface area (Å²) in [6.45, 7) is 0. The number of esters is 2. The number of hydrogen-bond donors (Lipinski definition) is 0. The molecular weight excluding hydrogens is 328 g/mol. The van der Waals surface area contributed by atoms with E-state index in [0.717, 1.165) is 36.0 Å². The molecule has 0 aliphatic heterocycles. The summed E-state index contributed by atoms with van der Waals surface area (Å²) in [5.74, 6) is 3.90. The lowest BCUT2D eigenvalue weighted by atomic mass is 9.46. The molecular formula is C22H30O4. The van der Waals surface area contributed by atoms with Crippen molar-refractivity contribution in [1.82, 2.24) is 0 Å². The fourth-order valence-corrected chi connectivity index (χ4v) is 8.06. The van der Waals surface area contributed by atoms with Gasteiger partial charge >= 0.3 is 11.9 Å². The van der Waals surface area contributed by atoms with Gasteiger partial charge < -0.3 is 9.47 Å². The van der Waals surface area contributed by atoms with Crippen LogP contribution in [0.5, 0.6) is 0 Å². The maximum Gasteiger partial charge on any atom is 0.323 e. The molecule has 3 fully saturated rings. The molecule has 0 radical (unpaired) electrons. The molecule has 4 heteroatoms. The molecule has 0 aromatic rings. The van der Waals surface area contributed by atoms with Crippen molar-refractivity contribution in [3.05, 3.63) is 11.1 Å². The summed E-state index contributed by atoms with van der Waals surface area (Å²) < 4.78 is 10.2. The Balaban J connectivity index is 1.59. The van der Waals surface area contributed by atoms with Crippen LogP contribution in [-0.2, 0) is 19.1 Å². The van der Waals surface area contributed by atoms with E-state index in [-0.39, 0.29) is 0 Å². The lowest BCUT2D eigenvalue weighted by molar-refractivity contribution is -0.171. The fourth-order valence-electron chi connectivity index (χ4n) is 8.06. The zero-order valence-corrected chi connectivity index (χ0v) is 16.0. The molecule has 0 heterocycles. The first-order valence-corrected chi connectivity index (χ1v) is 10.5. The second kappa shape index (κ2) is 5.84. The van der Waals surface area contributed by atoms with E-state index in [9.17, 15) is 9.59 Å². The molecule has 6 aliphatic rings. The molecule has 0 aromatic heterocycles. The topological polar surface area (TPSA) is 52.6 Å². The van der Waals surface area contributed by atoms with Crippen molar-refractivity contribution in [3.63, 3.8) is 0 Å². The minimum absolute atomic E-state index is 0.400. The van der Waals surface area contributed by atoms with Crippen molar-refractivity contribution in [2.24, 2.45) is 40.9 Å². The molecule has 4 nitrogen and oxygen atoms in total. The van der Waals surface area contributed by atoms with Crippen molar-refractivity contribution in [1.29, 1.82) is 0 Å². The minimum Gasteiger partial charge on any atom is -0.468 e. The second-order valence-electron chi connectivity index (χ2n) is 9.36. The average Bonchev–Trinajstić information content (AvgIpc) is 3.35. The van der Waals surface area contributed by atoms with E-state index in [4.69, 9.17) is 9.47 Å². The predicted molar refractivity (Wildman–Crippen MR) is 96.0 cm³/mol. The SMILES string of the molecule is COC(=O)C1(C(=O)OC)CCC2=C(C1)C1C3CCCC3C2C2CCCC21. The Bertz CT molecular complexity index is 640. The Morgan fingerprint density at radius 3 is 1.73 bits per heavy atom. The largest absolute Gasteiger partial charge is 0.468 e. The highest BCUT2D eigenvalue weighted by molar-refractivity contribution is 6.00. The molecule has 0 spiro atoms. The van der Waals surface area contributed by atoms with Crippen molar-refractivity contribution in [2.45, 2.75) is 57.8 Å². The van der Waals surface area contributed by atoms with Crippen LogP contribution in [0.25, 0.3) is 0 Å². The monoisotopic (exact) mass is 358 g/mol. The van der Waals surface area contributed by atoms with Gasteiger partial charge in [0, 0.05) is 0 Å². The second-order valence-corrected chi connectivity index (χ2v) is 9.36. The molecule has 3 saturated carbocycles. The number of carbonyl (C=O) groups is 2. The Kier molecular flexibility index (Phi) is 3.78. The van der Waals surface area contributed by atoms with Crippen LogP contribution in [-0.4, -0.2) is 26.2 Å². The van der Waals surface area contributed by atoms with Crippen LogP contribution < -0.4 is 0 Å². The number of carbonyl (C=O) groups excluding carboxylic acids is 2. The summed E-state index contributed by atoms with van der Waals surface area (Å²) >= 11 is 0. The Labute approximate surface area is 155 Å². The number of rotatable bonds is 2. The van der Waals surface area contributed by atoms with Crippen molar-refractivity contribution in [2.75, 3.05) is 14.2 Å². The van der Waals surface area contributed by atoms with Crippen molar-refractivity contribution in [3.8, 4) is 0 Å². The van der Waals surface area contributed by atoms with Gasteiger partial charge in [-0.2, -0.15) is 0 Å². The van der Waals surface area contributed by atoms with E-state index in [1.54, 1.807) is 5.57 Å². The molecule has 4 unspecified atom stereocenters. The van der Waals surface area contributed by atoms with E-state index < -0.39 is 17.4 Å². The summed E-state index contributed by atoms with van der Waals surface area (Å²) in [4.78, 5) is 25.4. The summed E-state index contributed by atoms with van der Waals surface area (Å²) in [5, 5.41) is 0. The molecule has 0 N–H and O–H groups in total. The van der Waals surface area contributed by atoms with Gasteiger partial charge in [0.15, 0.2) is 5.41 Å². The number of allylic oxidation sites excluding steroid dienone is 2. The van der Waals surface area contributed by atoms with E-state index in [2.05, 4.69) is 0 Å². The Hall–Kier alpha value is -1.32. The van der Waals surface area contributed by atoms with E-state index in [1.165, 1.54) is 58.3 Å². The van der Waals surface area contributed by atoms with Crippen LogP contribution in [0.4, 0.5) is 0 Å². The summed E-state index contributed by atoms with van der Waals surface area (Å²) in [6, 6.07) is 0.